The Kier molecular flexibility index (Phi) is 4.73. The maximum Gasteiger partial charge on any atom is 0.227 e. The van der Waals surface area contributed by atoms with Crippen LogP contribution in [0.1, 0.15) is 31.2 Å². The van der Waals surface area contributed by atoms with Crippen molar-refractivity contribution in [1.29, 1.82) is 0 Å². The summed E-state index contributed by atoms with van der Waals surface area (Å²) in [6, 6.07) is 7.83. The fourth-order valence-electron chi connectivity index (χ4n) is 3.07. The van der Waals surface area contributed by atoms with Crippen molar-refractivity contribution in [2.45, 2.75) is 38.2 Å². The number of ether oxygens (including phenoxy) is 1. The molecule has 5 nitrogen and oxygen atoms in total. The summed E-state index contributed by atoms with van der Waals surface area (Å²) in [5, 5.41) is 5.82. The van der Waals surface area contributed by atoms with Crippen LogP contribution in [0.4, 0.5) is 5.69 Å². The number of hydrogen-bond acceptors (Lipinski definition) is 3. The molecule has 2 aliphatic rings. The van der Waals surface area contributed by atoms with Crippen molar-refractivity contribution in [3.63, 3.8) is 0 Å². The van der Waals surface area contributed by atoms with Gasteiger partial charge in [-0.3, -0.25) is 9.59 Å². The second kappa shape index (κ2) is 6.92. The Bertz CT molecular complexity index is 553. The number of para-hydroxylation sites is 1. The standard InChI is InChI=1S/C17H22N2O3/c20-16(18-11-14-5-3-9-22-14)8-7-13-10-12-4-1-2-6-15(12)19-17(13)21/h1-2,4,6,13-14H,3,5,7-11H2,(H,18,20)(H,19,21)/t13-,14+/m1/s1. The van der Waals surface area contributed by atoms with Crippen molar-refractivity contribution in [3.8, 4) is 0 Å². The van der Waals surface area contributed by atoms with Crippen molar-refractivity contribution >= 4 is 17.5 Å². The predicted octanol–water partition coefficient (Wildman–Crippen LogP) is 1.87. The molecule has 1 aromatic carbocycles. The minimum atomic E-state index is -0.122. The normalized spacial score (nSPS) is 23.7. The highest BCUT2D eigenvalue weighted by Crippen LogP contribution is 2.27. The Morgan fingerprint density at radius 2 is 2.23 bits per heavy atom. The number of anilines is 1. The number of carbonyl (C=O) groups is 2. The van der Waals surface area contributed by atoms with Crippen LogP contribution in [0.25, 0.3) is 0 Å². The molecule has 0 aliphatic carbocycles. The summed E-state index contributed by atoms with van der Waals surface area (Å²) < 4.78 is 5.48. The van der Waals surface area contributed by atoms with Gasteiger partial charge in [-0.05, 0) is 37.3 Å². The average molecular weight is 302 g/mol. The molecule has 0 saturated carbocycles. The molecule has 0 bridgehead atoms. The van der Waals surface area contributed by atoms with Crippen LogP contribution in [0.5, 0.6) is 0 Å². The number of amides is 2. The molecule has 2 aliphatic heterocycles. The summed E-state index contributed by atoms with van der Waals surface area (Å²) in [5.41, 5.74) is 2.04. The molecule has 5 heteroatoms. The van der Waals surface area contributed by atoms with E-state index in [0.717, 1.165) is 30.7 Å². The first-order valence-corrected chi connectivity index (χ1v) is 7.99. The zero-order chi connectivity index (χ0) is 15.4. The molecule has 1 fully saturated rings. The van der Waals surface area contributed by atoms with Gasteiger partial charge >= 0.3 is 0 Å². The summed E-state index contributed by atoms with van der Waals surface area (Å²) in [7, 11) is 0. The summed E-state index contributed by atoms with van der Waals surface area (Å²) in [5.74, 6) is -0.101. The topological polar surface area (TPSA) is 67.4 Å². The van der Waals surface area contributed by atoms with Gasteiger partial charge in [0.1, 0.15) is 0 Å². The first-order chi connectivity index (χ1) is 10.7. The van der Waals surface area contributed by atoms with Gasteiger partial charge in [-0.25, -0.2) is 0 Å². The van der Waals surface area contributed by atoms with Crippen LogP contribution in [-0.2, 0) is 20.7 Å². The van der Waals surface area contributed by atoms with Crippen molar-refractivity contribution in [3.05, 3.63) is 29.8 Å². The minimum absolute atomic E-state index is 0.00200. The van der Waals surface area contributed by atoms with Crippen molar-refractivity contribution in [2.75, 3.05) is 18.5 Å². The van der Waals surface area contributed by atoms with Gasteiger partial charge in [-0.1, -0.05) is 18.2 Å². The fraction of sp³-hybridized carbons (Fsp3) is 0.529. The van der Waals surface area contributed by atoms with Crippen LogP contribution >= 0.6 is 0 Å². The molecule has 2 atom stereocenters. The first-order valence-electron chi connectivity index (χ1n) is 7.99. The van der Waals surface area contributed by atoms with E-state index in [1.807, 2.05) is 24.3 Å². The summed E-state index contributed by atoms with van der Waals surface area (Å²) >= 11 is 0. The summed E-state index contributed by atoms with van der Waals surface area (Å²) in [6.07, 6.45) is 3.92. The van der Waals surface area contributed by atoms with Crippen molar-refractivity contribution < 1.29 is 14.3 Å². The van der Waals surface area contributed by atoms with E-state index in [2.05, 4.69) is 10.6 Å². The Labute approximate surface area is 130 Å². The highest BCUT2D eigenvalue weighted by Gasteiger charge is 2.26. The number of hydrogen-bond donors (Lipinski definition) is 2. The molecule has 1 aromatic rings. The maximum atomic E-state index is 12.1. The highest BCUT2D eigenvalue weighted by atomic mass is 16.5. The smallest absolute Gasteiger partial charge is 0.227 e. The molecule has 1 saturated heterocycles. The Balaban J connectivity index is 1.45. The highest BCUT2D eigenvalue weighted by molar-refractivity contribution is 5.96. The van der Waals surface area contributed by atoms with Gasteiger partial charge in [0.2, 0.25) is 11.8 Å². The van der Waals surface area contributed by atoms with E-state index in [1.54, 1.807) is 0 Å². The lowest BCUT2D eigenvalue weighted by Gasteiger charge is -2.24. The van der Waals surface area contributed by atoms with Crippen LogP contribution in [0.2, 0.25) is 0 Å². The first kappa shape index (κ1) is 15.0. The third-order valence-corrected chi connectivity index (χ3v) is 4.38. The fourth-order valence-corrected chi connectivity index (χ4v) is 3.07. The molecule has 0 radical (unpaired) electrons. The van der Waals surface area contributed by atoms with Gasteiger partial charge in [0, 0.05) is 31.2 Å². The molecule has 3 rings (SSSR count). The third kappa shape index (κ3) is 3.65. The van der Waals surface area contributed by atoms with Crippen molar-refractivity contribution in [1.82, 2.24) is 5.32 Å². The van der Waals surface area contributed by atoms with Gasteiger partial charge in [0.15, 0.2) is 0 Å². The SMILES string of the molecule is O=C(CC[C@@H]1Cc2ccccc2NC1=O)NC[C@@H]1CCCO1. The number of benzene rings is 1. The third-order valence-electron chi connectivity index (χ3n) is 4.38. The van der Waals surface area contributed by atoms with Gasteiger partial charge in [0.25, 0.3) is 0 Å². The number of carbonyl (C=O) groups excluding carboxylic acids is 2. The van der Waals surface area contributed by atoms with E-state index < -0.39 is 0 Å². The lowest BCUT2D eigenvalue weighted by molar-refractivity contribution is -0.123. The Morgan fingerprint density at radius 3 is 3.05 bits per heavy atom. The van der Waals surface area contributed by atoms with Gasteiger partial charge in [-0.15, -0.1) is 0 Å². The second-order valence-electron chi connectivity index (χ2n) is 6.03. The molecular formula is C17H22N2O3. The monoisotopic (exact) mass is 302 g/mol. The zero-order valence-corrected chi connectivity index (χ0v) is 12.6. The van der Waals surface area contributed by atoms with E-state index in [4.69, 9.17) is 4.74 Å². The number of rotatable bonds is 5. The van der Waals surface area contributed by atoms with Gasteiger partial charge in [0.05, 0.1) is 6.10 Å². The molecule has 118 valence electrons. The van der Waals surface area contributed by atoms with E-state index in [1.165, 1.54) is 0 Å². The van der Waals surface area contributed by atoms with Crippen LogP contribution in [-0.4, -0.2) is 31.1 Å². The molecule has 22 heavy (non-hydrogen) atoms. The molecule has 2 heterocycles. The number of fused-ring (bicyclic) bond motifs is 1. The molecule has 2 N–H and O–H groups in total. The predicted molar refractivity (Wildman–Crippen MR) is 83.5 cm³/mol. The molecule has 0 spiro atoms. The van der Waals surface area contributed by atoms with Crippen LogP contribution in [0.15, 0.2) is 24.3 Å². The van der Waals surface area contributed by atoms with Crippen LogP contribution in [0, 0.1) is 5.92 Å². The van der Waals surface area contributed by atoms with Gasteiger partial charge in [-0.2, -0.15) is 0 Å². The molecule has 2 amide bonds. The van der Waals surface area contributed by atoms with Crippen LogP contribution in [0.3, 0.4) is 0 Å². The Hall–Kier alpha value is -1.88. The zero-order valence-electron chi connectivity index (χ0n) is 12.6. The number of nitrogens with one attached hydrogen (secondary N) is 2. The van der Waals surface area contributed by atoms with E-state index in [0.29, 0.717) is 25.8 Å². The van der Waals surface area contributed by atoms with E-state index in [-0.39, 0.29) is 23.8 Å². The largest absolute Gasteiger partial charge is 0.376 e. The molecular weight excluding hydrogens is 280 g/mol. The summed E-state index contributed by atoms with van der Waals surface area (Å²) in [6.45, 7) is 1.38. The van der Waals surface area contributed by atoms with Gasteiger partial charge < -0.3 is 15.4 Å². The summed E-state index contributed by atoms with van der Waals surface area (Å²) in [4.78, 5) is 24.0. The molecule has 0 aromatic heterocycles. The van der Waals surface area contributed by atoms with Crippen molar-refractivity contribution in [2.24, 2.45) is 5.92 Å². The average Bonchev–Trinajstić information content (AvgIpc) is 3.04. The lowest BCUT2D eigenvalue weighted by atomic mass is 9.89. The quantitative estimate of drug-likeness (QED) is 0.872. The Morgan fingerprint density at radius 1 is 1.36 bits per heavy atom. The second-order valence-corrected chi connectivity index (χ2v) is 6.03. The lowest BCUT2D eigenvalue weighted by Crippen LogP contribution is -2.34. The van der Waals surface area contributed by atoms with E-state index >= 15 is 0 Å². The maximum absolute atomic E-state index is 12.1. The van der Waals surface area contributed by atoms with Crippen LogP contribution < -0.4 is 10.6 Å². The molecule has 0 unspecified atom stereocenters. The van der Waals surface area contributed by atoms with E-state index in [9.17, 15) is 9.59 Å². The minimum Gasteiger partial charge on any atom is -0.376 e.